The molecule has 0 saturated carbocycles. The zero-order chi connectivity index (χ0) is 19.6. The fraction of sp³-hybridized carbons (Fsp3) is 0.111. The highest BCUT2D eigenvalue weighted by Crippen LogP contribution is 2.30. The molecule has 0 N–H and O–H groups in total. The molecule has 2 aromatic rings. The lowest BCUT2D eigenvalue weighted by atomic mass is 10.1. The van der Waals surface area contributed by atoms with Crippen LogP contribution in [-0.4, -0.2) is 18.5 Å². The summed E-state index contributed by atoms with van der Waals surface area (Å²) in [6.07, 6.45) is -3.30. The number of benzene rings is 2. The lowest BCUT2D eigenvalue weighted by Gasteiger charge is -2.07. The van der Waals surface area contributed by atoms with Crippen LogP contribution >= 0.6 is 0 Å². The normalized spacial score (nSPS) is 15.9. The predicted molar refractivity (Wildman–Crippen MR) is 85.1 cm³/mol. The molecule has 0 atom stereocenters. The monoisotopic (exact) mass is 383 g/mol. The van der Waals surface area contributed by atoms with Gasteiger partial charge in [-0.2, -0.15) is 22.0 Å². The maximum Gasteiger partial charge on any atom is 0.416 e. The molecule has 3 rings (SSSR count). The molecular formula is C18H10F5NO3. The van der Waals surface area contributed by atoms with Gasteiger partial charge in [-0.3, -0.25) is 0 Å². The first kappa shape index (κ1) is 18.6. The number of carbonyl (C=O) groups is 1. The summed E-state index contributed by atoms with van der Waals surface area (Å²) < 4.78 is 72.0. The Morgan fingerprint density at radius 1 is 1.04 bits per heavy atom. The Morgan fingerprint density at radius 2 is 1.70 bits per heavy atom. The van der Waals surface area contributed by atoms with E-state index in [2.05, 4.69) is 9.73 Å². The average molecular weight is 383 g/mol. The van der Waals surface area contributed by atoms with Crippen LogP contribution in [-0.2, 0) is 15.7 Å². The standard InChI is InChI=1S/C18H10F5NO3/c19-17(20)26-14-4-2-1-3-11(14)9-13-16(25)27-15(24-13)10-5-7-12(8-6-10)18(21,22)23/h1-9,17H/b13-9-. The van der Waals surface area contributed by atoms with Crippen LogP contribution in [0, 0.1) is 0 Å². The van der Waals surface area contributed by atoms with Gasteiger partial charge in [0.05, 0.1) is 5.56 Å². The van der Waals surface area contributed by atoms with Crippen LogP contribution in [0.3, 0.4) is 0 Å². The van der Waals surface area contributed by atoms with E-state index in [9.17, 15) is 26.7 Å². The summed E-state index contributed by atoms with van der Waals surface area (Å²) in [4.78, 5) is 15.9. The Kier molecular flexibility index (Phi) is 4.93. The minimum Gasteiger partial charge on any atom is -0.434 e. The van der Waals surface area contributed by atoms with Crippen molar-refractivity contribution in [2.45, 2.75) is 12.8 Å². The molecule has 0 amide bonds. The van der Waals surface area contributed by atoms with Gasteiger partial charge in [0, 0.05) is 11.1 Å². The third-order valence-electron chi connectivity index (χ3n) is 3.51. The molecule has 0 saturated heterocycles. The van der Waals surface area contributed by atoms with Gasteiger partial charge in [-0.1, -0.05) is 18.2 Å². The van der Waals surface area contributed by atoms with E-state index in [0.29, 0.717) is 0 Å². The van der Waals surface area contributed by atoms with E-state index in [-0.39, 0.29) is 28.5 Å². The summed E-state index contributed by atoms with van der Waals surface area (Å²) >= 11 is 0. The maximum absolute atomic E-state index is 12.6. The number of hydrogen-bond donors (Lipinski definition) is 0. The molecule has 1 aliphatic rings. The average Bonchev–Trinajstić information content (AvgIpc) is 2.96. The molecule has 0 aliphatic carbocycles. The van der Waals surface area contributed by atoms with E-state index in [1.807, 2.05) is 0 Å². The van der Waals surface area contributed by atoms with Gasteiger partial charge < -0.3 is 9.47 Å². The van der Waals surface area contributed by atoms with Crippen molar-refractivity contribution in [1.29, 1.82) is 0 Å². The number of esters is 1. The summed E-state index contributed by atoms with van der Waals surface area (Å²) in [7, 11) is 0. The van der Waals surface area contributed by atoms with Crippen LogP contribution in [0.5, 0.6) is 5.75 Å². The van der Waals surface area contributed by atoms with Crippen LogP contribution in [0.15, 0.2) is 59.2 Å². The molecule has 1 aliphatic heterocycles. The van der Waals surface area contributed by atoms with Gasteiger partial charge in [-0.05, 0) is 36.4 Å². The van der Waals surface area contributed by atoms with E-state index in [1.54, 1.807) is 6.07 Å². The molecular weight excluding hydrogens is 373 g/mol. The van der Waals surface area contributed by atoms with Crippen molar-refractivity contribution in [2.75, 3.05) is 0 Å². The fourth-order valence-electron chi connectivity index (χ4n) is 2.28. The van der Waals surface area contributed by atoms with Gasteiger partial charge in [0.25, 0.3) is 0 Å². The summed E-state index contributed by atoms with van der Waals surface area (Å²) in [6.45, 7) is -3.05. The van der Waals surface area contributed by atoms with Crippen molar-refractivity contribution in [3.8, 4) is 5.75 Å². The van der Waals surface area contributed by atoms with Crippen LogP contribution in [0.25, 0.3) is 6.08 Å². The van der Waals surface area contributed by atoms with Crippen molar-refractivity contribution < 1.29 is 36.2 Å². The highest BCUT2D eigenvalue weighted by Gasteiger charge is 2.31. The number of hydrogen-bond acceptors (Lipinski definition) is 4. The van der Waals surface area contributed by atoms with Crippen molar-refractivity contribution >= 4 is 17.9 Å². The Labute approximate surface area is 149 Å². The third-order valence-corrected chi connectivity index (χ3v) is 3.51. The molecule has 140 valence electrons. The van der Waals surface area contributed by atoms with Crippen LogP contribution in [0.2, 0.25) is 0 Å². The van der Waals surface area contributed by atoms with Crippen LogP contribution < -0.4 is 4.74 Å². The highest BCUT2D eigenvalue weighted by atomic mass is 19.4. The Balaban J connectivity index is 1.90. The van der Waals surface area contributed by atoms with Gasteiger partial charge in [0.2, 0.25) is 5.90 Å². The molecule has 0 radical (unpaired) electrons. The van der Waals surface area contributed by atoms with E-state index >= 15 is 0 Å². The largest absolute Gasteiger partial charge is 0.434 e. The van der Waals surface area contributed by atoms with Gasteiger partial charge in [-0.25, -0.2) is 9.79 Å². The Hall–Kier alpha value is -3.23. The van der Waals surface area contributed by atoms with Gasteiger partial charge in [-0.15, -0.1) is 0 Å². The van der Waals surface area contributed by atoms with Gasteiger partial charge >= 0.3 is 18.8 Å². The highest BCUT2D eigenvalue weighted by molar-refractivity contribution is 6.12. The summed E-state index contributed by atoms with van der Waals surface area (Å²) in [5, 5.41) is 0. The second-order valence-corrected chi connectivity index (χ2v) is 5.33. The third kappa shape index (κ3) is 4.30. The zero-order valence-corrected chi connectivity index (χ0v) is 13.3. The summed E-state index contributed by atoms with van der Waals surface area (Å²) in [5.74, 6) is -1.21. The number of halogens is 5. The number of para-hydroxylation sites is 1. The number of ether oxygens (including phenoxy) is 2. The molecule has 2 aromatic carbocycles. The Morgan fingerprint density at radius 3 is 2.33 bits per heavy atom. The van der Waals surface area contributed by atoms with Crippen molar-refractivity contribution in [3.05, 3.63) is 70.9 Å². The quantitative estimate of drug-likeness (QED) is 0.439. The van der Waals surface area contributed by atoms with Crippen molar-refractivity contribution in [2.24, 2.45) is 4.99 Å². The second kappa shape index (κ2) is 7.18. The van der Waals surface area contributed by atoms with Gasteiger partial charge in [0.1, 0.15) is 5.75 Å². The van der Waals surface area contributed by atoms with Crippen molar-refractivity contribution in [3.63, 3.8) is 0 Å². The minimum absolute atomic E-state index is 0.161. The zero-order valence-electron chi connectivity index (χ0n) is 13.3. The predicted octanol–water partition coefficient (Wildman–Crippen LogP) is 4.65. The molecule has 9 heteroatoms. The number of carbonyl (C=O) groups excluding carboxylic acids is 1. The summed E-state index contributed by atoms with van der Waals surface area (Å²) in [5.41, 5.74) is -0.723. The maximum atomic E-state index is 12.6. The van der Waals surface area contributed by atoms with Crippen LogP contribution in [0.1, 0.15) is 16.7 Å². The number of rotatable bonds is 4. The van der Waals surface area contributed by atoms with E-state index in [0.717, 1.165) is 24.3 Å². The second-order valence-electron chi connectivity index (χ2n) is 5.33. The first-order valence-corrected chi connectivity index (χ1v) is 7.48. The SMILES string of the molecule is O=C1OC(c2ccc(C(F)(F)F)cc2)=N/C1=C\c1ccccc1OC(F)F. The molecule has 0 aromatic heterocycles. The molecule has 27 heavy (non-hydrogen) atoms. The number of alkyl halides is 5. The lowest BCUT2D eigenvalue weighted by Crippen LogP contribution is -2.08. The number of aliphatic imine (C=N–C) groups is 1. The van der Waals surface area contributed by atoms with Crippen molar-refractivity contribution in [1.82, 2.24) is 0 Å². The first-order valence-electron chi connectivity index (χ1n) is 7.48. The fourth-order valence-corrected chi connectivity index (χ4v) is 2.28. The number of nitrogens with zero attached hydrogens (tertiary/aromatic N) is 1. The topological polar surface area (TPSA) is 47.9 Å². The minimum atomic E-state index is -4.49. The molecule has 0 fully saturated rings. The molecule has 1 heterocycles. The van der Waals surface area contributed by atoms with E-state index < -0.39 is 24.3 Å². The van der Waals surface area contributed by atoms with Gasteiger partial charge in [0.15, 0.2) is 5.70 Å². The van der Waals surface area contributed by atoms with E-state index in [1.165, 1.54) is 24.3 Å². The summed E-state index contributed by atoms with van der Waals surface area (Å²) in [6, 6.07) is 9.65. The molecule has 0 unspecified atom stereocenters. The Bertz CT molecular complexity index is 917. The van der Waals surface area contributed by atoms with Crippen LogP contribution in [0.4, 0.5) is 22.0 Å². The molecule has 4 nitrogen and oxygen atoms in total. The first-order chi connectivity index (χ1) is 12.7. The number of cyclic esters (lactones) is 1. The van der Waals surface area contributed by atoms with E-state index in [4.69, 9.17) is 4.74 Å². The smallest absolute Gasteiger partial charge is 0.416 e. The molecule has 0 spiro atoms. The molecule has 0 bridgehead atoms. The lowest BCUT2D eigenvalue weighted by molar-refractivity contribution is -0.137.